The van der Waals surface area contributed by atoms with E-state index in [4.69, 9.17) is 10.5 Å². The van der Waals surface area contributed by atoms with Crippen molar-refractivity contribution in [3.63, 3.8) is 0 Å². The maximum absolute atomic E-state index is 13.4. The highest BCUT2D eigenvalue weighted by atomic mass is 16.5. The molecule has 0 unspecified atom stereocenters. The van der Waals surface area contributed by atoms with Crippen molar-refractivity contribution in [2.24, 2.45) is 40.7 Å². The summed E-state index contributed by atoms with van der Waals surface area (Å²) in [5, 5.41) is 10.8. The van der Waals surface area contributed by atoms with Crippen molar-refractivity contribution < 1.29 is 14.3 Å². The largest absolute Gasteiger partial charge is 0.477 e. The molecule has 4 aliphatic carbocycles. The molecule has 1 aromatic heterocycles. The third-order valence-electron chi connectivity index (χ3n) is 8.11. The Labute approximate surface area is 203 Å². The molecule has 0 aromatic carbocycles. The zero-order valence-corrected chi connectivity index (χ0v) is 21.3. The van der Waals surface area contributed by atoms with Gasteiger partial charge in [0.05, 0.1) is 12.8 Å². The first-order valence-electron chi connectivity index (χ1n) is 13.2. The van der Waals surface area contributed by atoms with Crippen LogP contribution in [0.5, 0.6) is 5.88 Å². The van der Waals surface area contributed by atoms with Gasteiger partial charge in [-0.15, -0.1) is 0 Å². The molecule has 4 N–H and O–H groups in total. The fourth-order valence-electron chi connectivity index (χ4n) is 6.40. The van der Waals surface area contributed by atoms with Gasteiger partial charge in [-0.1, -0.05) is 27.7 Å². The number of aryl methyl sites for hydroxylation is 1. The summed E-state index contributed by atoms with van der Waals surface area (Å²) in [4.78, 5) is 25.9. The zero-order valence-electron chi connectivity index (χ0n) is 21.3. The van der Waals surface area contributed by atoms with Crippen LogP contribution in [0.2, 0.25) is 0 Å². The molecular weight excluding hydrogens is 430 g/mol. The fourth-order valence-corrected chi connectivity index (χ4v) is 6.40. The standard InChI is InChI=1S/C26H43N5O3/c1-16(2)15-34-24-21(14-29-31(24)8-5-26(3,4)25(33)28-7-6-27)23(32)30-22-19-10-17-9-18(12-19)13-20(22)11-17/h14,16-20,22H,5-13,15,27H2,1-4H3,(H,28,33)(H,30,32). The second kappa shape index (κ2) is 10.3. The molecule has 4 fully saturated rings. The third-order valence-corrected chi connectivity index (χ3v) is 8.11. The van der Waals surface area contributed by atoms with Gasteiger partial charge >= 0.3 is 0 Å². The van der Waals surface area contributed by atoms with Crippen LogP contribution in [-0.2, 0) is 11.3 Å². The average Bonchev–Trinajstić information content (AvgIpc) is 3.19. The molecule has 4 saturated carbocycles. The first kappa shape index (κ1) is 25.0. The van der Waals surface area contributed by atoms with Crippen molar-refractivity contribution in [1.29, 1.82) is 0 Å². The van der Waals surface area contributed by atoms with E-state index in [1.165, 1.54) is 32.1 Å². The number of carbonyl (C=O) groups is 2. The lowest BCUT2D eigenvalue weighted by atomic mass is 9.54. The van der Waals surface area contributed by atoms with Crippen LogP contribution >= 0.6 is 0 Å². The average molecular weight is 474 g/mol. The Morgan fingerprint density at radius 1 is 1.18 bits per heavy atom. The third kappa shape index (κ3) is 5.42. The van der Waals surface area contributed by atoms with E-state index in [2.05, 4.69) is 29.6 Å². The number of ether oxygens (including phenoxy) is 1. The second-order valence-corrected chi connectivity index (χ2v) is 11.9. The molecule has 5 rings (SSSR count). The molecule has 0 aliphatic heterocycles. The smallest absolute Gasteiger partial charge is 0.258 e. The Bertz CT molecular complexity index is 850. The van der Waals surface area contributed by atoms with Gasteiger partial charge in [0.25, 0.3) is 5.91 Å². The number of hydrogen-bond acceptors (Lipinski definition) is 5. The number of carbonyl (C=O) groups excluding carboxylic acids is 2. The minimum Gasteiger partial charge on any atom is -0.477 e. The Morgan fingerprint density at radius 3 is 2.41 bits per heavy atom. The van der Waals surface area contributed by atoms with Gasteiger partial charge in [0.2, 0.25) is 11.8 Å². The topological polar surface area (TPSA) is 111 Å². The summed E-state index contributed by atoms with van der Waals surface area (Å²) < 4.78 is 7.85. The minimum atomic E-state index is -0.584. The number of nitrogens with two attached hydrogens (primary N) is 1. The van der Waals surface area contributed by atoms with E-state index in [1.54, 1.807) is 10.9 Å². The molecule has 2 amide bonds. The lowest BCUT2D eigenvalue weighted by Crippen LogP contribution is -2.55. The summed E-state index contributed by atoms with van der Waals surface area (Å²) in [5.74, 6) is 3.68. The van der Waals surface area contributed by atoms with Crippen LogP contribution in [0.1, 0.15) is 76.6 Å². The van der Waals surface area contributed by atoms with Crippen LogP contribution in [-0.4, -0.2) is 47.3 Å². The Kier molecular flexibility index (Phi) is 7.55. The monoisotopic (exact) mass is 473 g/mol. The van der Waals surface area contributed by atoms with Gasteiger partial charge in [0, 0.05) is 31.1 Å². The van der Waals surface area contributed by atoms with Crippen molar-refractivity contribution in [3.05, 3.63) is 11.8 Å². The summed E-state index contributed by atoms with van der Waals surface area (Å²) in [5.41, 5.74) is 5.43. The van der Waals surface area contributed by atoms with Crippen LogP contribution in [0.15, 0.2) is 6.20 Å². The van der Waals surface area contributed by atoms with Gasteiger partial charge in [0.15, 0.2) is 0 Å². The van der Waals surface area contributed by atoms with E-state index in [1.807, 2.05) is 13.8 Å². The SMILES string of the molecule is CC(C)COc1c(C(=O)NC2C3CC4CC(C3)CC2C4)cnn1CCC(C)(C)C(=O)NCCN. The van der Waals surface area contributed by atoms with E-state index >= 15 is 0 Å². The predicted molar refractivity (Wildman–Crippen MR) is 131 cm³/mol. The van der Waals surface area contributed by atoms with E-state index in [-0.39, 0.29) is 17.9 Å². The van der Waals surface area contributed by atoms with Gasteiger partial charge in [-0.2, -0.15) is 5.10 Å². The molecule has 4 bridgehead atoms. The van der Waals surface area contributed by atoms with Crippen LogP contribution in [0.3, 0.4) is 0 Å². The number of nitrogens with one attached hydrogen (secondary N) is 2. The zero-order chi connectivity index (χ0) is 24.5. The van der Waals surface area contributed by atoms with Crippen molar-refractivity contribution >= 4 is 11.8 Å². The highest BCUT2D eigenvalue weighted by Gasteiger charge is 2.48. The number of aromatic nitrogens is 2. The summed E-state index contributed by atoms with van der Waals surface area (Å²) in [6.45, 7) is 9.86. The molecule has 0 radical (unpaired) electrons. The molecule has 34 heavy (non-hydrogen) atoms. The summed E-state index contributed by atoms with van der Waals surface area (Å²) in [6.07, 6.45) is 8.63. The van der Waals surface area contributed by atoms with Gasteiger partial charge in [-0.3, -0.25) is 9.59 Å². The Balaban J connectivity index is 1.45. The van der Waals surface area contributed by atoms with Gasteiger partial charge < -0.3 is 21.1 Å². The molecule has 0 atom stereocenters. The summed E-state index contributed by atoms with van der Waals surface area (Å²) in [7, 11) is 0. The van der Waals surface area contributed by atoms with E-state index in [0.29, 0.717) is 61.9 Å². The minimum absolute atomic E-state index is 0.0328. The van der Waals surface area contributed by atoms with Crippen LogP contribution < -0.4 is 21.1 Å². The number of amides is 2. The van der Waals surface area contributed by atoms with Gasteiger partial charge in [0.1, 0.15) is 5.56 Å². The molecule has 4 aliphatic rings. The lowest BCUT2D eigenvalue weighted by molar-refractivity contribution is -0.129. The summed E-state index contributed by atoms with van der Waals surface area (Å²) in [6, 6.07) is 0.270. The quantitative estimate of drug-likeness (QED) is 0.458. The lowest BCUT2D eigenvalue weighted by Gasteiger charge is -2.54. The van der Waals surface area contributed by atoms with E-state index in [0.717, 1.165) is 11.8 Å². The maximum Gasteiger partial charge on any atom is 0.258 e. The highest BCUT2D eigenvalue weighted by Crippen LogP contribution is 2.53. The number of hydrogen-bond donors (Lipinski definition) is 3. The van der Waals surface area contributed by atoms with E-state index < -0.39 is 5.41 Å². The first-order chi connectivity index (χ1) is 16.2. The van der Waals surface area contributed by atoms with Crippen LogP contribution in [0, 0.1) is 35.0 Å². The molecular formula is C26H43N5O3. The number of rotatable bonds is 11. The second-order valence-electron chi connectivity index (χ2n) is 11.9. The Morgan fingerprint density at radius 2 is 1.82 bits per heavy atom. The molecule has 8 nitrogen and oxygen atoms in total. The van der Waals surface area contributed by atoms with Gasteiger partial charge in [-0.05, 0) is 68.1 Å². The predicted octanol–water partition coefficient (Wildman–Crippen LogP) is 2.96. The summed E-state index contributed by atoms with van der Waals surface area (Å²) >= 11 is 0. The van der Waals surface area contributed by atoms with Crippen LogP contribution in [0.4, 0.5) is 0 Å². The molecule has 0 saturated heterocycles. The van der Waals surface area contributed by atoms with Crippen molar-refractivity contribution in [2.45, 2.75) is 78.8 Å². The van der Waals surface area contributed by atoms with Gasteiger partial charge in [-0.25, -0.2) is 4.68 Å². The van der Waals surface area contributed by atoms with Crippen molar-refractivity contribution in [3.8, 4) is 5.88 Å². The van der Waals surface area contributed by atoms with Crippen molar-refractivity contribution in [2.75, 3.05) is 19.7 Å². The first-order valence-corrected chi connectivity index (χ1v) is 13.2. The fraction of sp³-hybridized carbons (Fsp3) is 0.808. The maximum atomic E-state index is 13.4. The van der Waals surface area contributed by atoms with E-state index in [9.17, 15) is 9.59 Å². The highest BCUT2D eigenvalue weighted by molar-refractivity contribution is 5.96. The Hall–Kier alpha value is -2.09. The van der Waals surface area contributed by atoms with Crippen LogP contribution in [0.25, 0.3) is 0 Å². The van der Waals surface area contributed by atoms with Crippen molar-refractivity contribution in [1.82, 2.24) is 20.4 Å². The molecule has 190 valence electrons. The normalized spacial score (nSPS) is 27.8. The molecule has 0 spiro atoms. The molecule has 1 aromatic rings. The number of nitrogens with zero attached hydrogens (tertiary/aromatic N) is 2. The molecule has 1 heterocycles. The molecule has 8 heteroatoms.